The summed E-state index contributed by atoms with van der Waals surface area (Å²) in [5, 5.41) is 0.604. The van der Waals surface area contributed by atoms with Gasteiger partial charge in [0.1, 0.15) is 6.10 Å². The average molecular weight is 199 g/mol. The third-order valence-electron chi connectivity index (χ3n) is 2.13. The molecule has 1 saturated heterocycles. The molecule has 2 heterocycles. The molecule has 0 saturated carbocycles. The summed E-state index contributed by atoms with van der Waals surface area (Å²) in [5.74, 6) is 0. The summed E-state index contributed by atoms with van der Waals surface area (Å²) in [6.45, 7) is 0.799. The third kappa shape index (κ3) is 1.76. The van der Waals surface area contributed by atoms with Gasteiger partial charge in [-0.3, -0.25) is 4.98 Å². The average Bonchev–Trinajstić information content (AvgIpc) is 2.56. The van der Waals surface area contributed by atoms with Crippen LogP contribution in [0.15, 0.2) is 12.3 Å². The van der Waals surface area contributed by atoms with Crippen LogP contribution in [0.1, 0.15) is 24.6 Å². The minimum absolute atomic E-state index is 0.0631. The number of nitrogens with zero attached hydrogens (tertiary/aromatic N) is 1. The fourth-order valence-corrected chi connectivity index (χ4v) is 1.79. The maximum atomic E-state index is 5.99. The van der Waals surface area contributed by atoms with Gasteiger partial charge < -0.3 is 10.5 Å². The van der Waals surface area contributed by atoms with Crippen molar-refractivity contribution in [3.8, 4) is 0 Å². The van der Waals surface area contributed by atoms with E-state index < -0.39 is 0 Å². The molecule has 0 aliphatic carbocycles. The maximum Gasteiger partial charge on any atom is 0.101 e. The molecule has 1 aliphatic heterocycles. The molecule has 0 radical (unpaired) electrons. The summed E-state index contributed by atoms with van der Waals surface area (Å²) in [6.07, 6.45) is 3.75. The minimum Gasteiger partial charge on any atom is -0.397 e. The Labute approximate surface area is 81.9 Å². The molecule has 0 bridgehead atoms. The van der Waals surface area contributed by atoms with Crippen molar-refractivity contribution in [3.05, 3.63) is 23.0 Å². The van der Waals surface area contributed by atoms with Gasteiger partial charge in [-0.05, 0) is 18.9 Å². The first-order valence-electron chi connectivity index (χ1n) is 4.30. The highest BCUT2D eigenvalue weighted by Gasteiger charge is 2.21. The predicted molar refractivity (Wildman–Crippen MR) is 51.6 cm³/mol. The normalized spacial score (nSPS) is 22.1. The van der Waals surface area contributed by atoms with E-state index in [0.29, 0.717) is 10.7 Å². The zero-order valence-electron chi connectivity index (χ0n) is 7.16. The number of ether oxygens (including phenoxy) is 1. The number of aromatic nitrogens is 1. The highest BCUT2D eigenvalue weighted by atomic mass is 35.5. The van der Waals surface area contributed by atoms with Gasteiger partial charge in [0.2, 0.25) is 0 Å². The van der Waals surface area contributed by atoms with E-state index in [1.807, 2.05) is 0 Å². The Hall–Kier alpha value is -0.800. The number of anilines is 1. The second-order valence-corrected chi connectivity index (χ2v) is 3.54. The summed E-state index contributed by atoms with van der Waals surface area (Å²) < 4.78 is 5.47. The molecular formula is C9H11ClN2O. The van der Waals surface area contributed by atoms with E-state index >= 15 is 0 Å². The second kappa shape index (κ2) is 3.52. The van der Waals surface area contributed by atoms with Crippen LogP contribution in [0.4, 0.5) is 5.69 Å². The number of pyridine rings is 1. The van der Waals surface area contributed by atoms with E-state index in [4.69, 9.17) is 22.1 Å². The molecule has 3 nitrogen and oxygen atoms in total. The number of hydrogen-bond acceptors (Lipinski definition) is 3. The van der Waals surface area contributed by atoms with E-state index in [0.717, 1.165) is 25.1 Å². The molecule has 2 N–H and O–H groups in total. The van der Waals surface area contributed by atoms with E-state index in [1.165, 1.54) is 0 Å². The van der Waals surface area contributed by atoms with Gasteiger partial charge in [0.25, 0.3) is 0 Å². The number of rotatable bonds is 1. The Balaban J connectivity index is 2.29. The zero-order valence-corrected chi connectivity index (χ0v) is 7.92. The molecule has 1 aromatic heterocycles. The van der Waals surface area contributed by atoms with Gasteiger partial charge in [0.05, 0.1) is 22.6 Å². The molecule has 1 fully saturated rings. The van der Waals surface area contributed by atoms with Crippen molar-refractivity contribution < 1.29 is 4.74 Å². The molecule has 13 heavy (non-hydrogen) atoms. The first-order valence-corrected chi connectivity index (χ1v) is 4.67. The van der Waals surface area contributed by atoms with Crippen LogP contribution in [0.5, 0.6) is 0 Å². The van der Waals surface area contributed by atoms with Crippen molar-refractivity contribution in [2.24, 2.45) is 0 Å². The summed E-state index contributed by atoms with van der Waals surface area (Å²) in [7, 11) is 0. The van der Waals surface area contributed by atoms with Crippen molar-refractivity contribution in [2.45, 2.75) is 18.9 Å². The van der Waals surface area contributed by atoms with Crippen LogP contribution in [0, 0.1) is 0 Å². The van der Waals surface area contributed by atoms with E-state index in [2.05, 4.69) is 4.98 Å². The molecule has 1 aromatic rings. The predicted octanol–water partition coefficient (Wildman–Crippen LogP) is 2.17. The van der Waals surface area contributed by atoms with Crippen molar-refractivity contribution in [1.82, 2.24) is 4.98 Å². The van der Waals surface area contributed by atoms with Crippen LogP contribution in [0.25, 0.3) is 0 Å². The van der Waals surface area contributed by atoms with Crippen LogP contribution in [-0.4, -0.2) is 11.6 Å². The molecule has 0 amide bonds. The van der Waals surface area contributed by atoms with Crippen LogP contribution in [0.2, 0.25) is 5.02 Å². The van der Waals surface area contributed by atoms with E-state index in [9.17, 15) is 0 Å². The smallest absolute Gasteiger partial charge is 0.101 e. The van der Waals surface area contributed by atoms with Crippen molar-refractivity contribution in [1.29, 1.82) is 0 Å². The molecule has 1 atom stereocenters. The zero-order chi connectivity index (χ0) is 9.26. The highest BCUT2D eigenvalue weighted by molar-refractivity contribution is 6.31. The van der Waals surface area contributed by atoms with Crippen molar-refractivity contribution >= 4 is 17.3 Å². The molecule has 1 unspecified atom stereocenters. The first kappa shape index (κ1) is 8.78. The summed E-state index contributed by atoms with van der Waals surface area (Å²) >= 11 is 5.99. The fraction of sp³-hybridized carbons (Fsp3) is 0.444. The van der Waals surface area contributed by atoms with Crippen molar-refractivity contribution in [2.75, 3.05) is 12.3 Å². The Morgan fingerprint density at radius 2 is 2.46 bits per heavy atom. The highest BCUT2D eigenvalue weighted by Crippen LogP contribution is 2.32. The lowest BCUT2D eigenvalue weighted by Gasteiger charge is -2.10. The molecule has 4 heteroatoms. The SMILES string of the molecule is Nc1cnc(C2CCCO2)c(Cl)c1. The van der Waals surface area contributed by atoms with Crippen LogP contribution in [0.3, 0.4) is 0 Å². The van der Waals surface area contributed by atoms with Gasteiger partial charge in [-0.1, -0.05) is 11.6 Å². The van der Waals surface area contributed by atoms with Gasteiger partial charge in [0, 0.05) is 6.61 Å². The Bertz CT molecular complexity index is 310. The third-order valence-corrected chi connectivity index (χ3v) is 2.43. The molecule has 0 spiro atoms. The van der Waals surface area contributed by atoms with Gasteiger partial charge in [-0.15, -0.1) is 0 Å². The summed E-state index contributed by atoms with van der Waals surface area (Å²) in [6, 6.07) is 1.71. The van der Waals surface area contributed by atoms with Gasteiger partial charge >= 0.3 is 0 Å². The quantitative estimate of drug-likeness (QED) is 0.753. The van der Waals surface area contributed by atoms with Gasteiger partial charge in [-0.25, -0.2) is 0 Å². The lowest BCUT2D eigenvalue weighted by molar-refractivity contribution is 0.109. The second-order valence-electron chi connectivity index (χ2n) is 3.14. The standard InChI is InChI=1S/C9H11ClN2O/c10-7-4-6(11)5-12-9(7)8-2-1-3-13-8/h4-5,8H,1-3,11H2. The van der Waals surface area contributed by atoms with E-state index in [-0.39, 0.29) is 6.10 Å². The Morgan fingerprint density at radius 3 is 3.08 bits per heavy atom. The molecule has 1 aliphatic rings. The monoisotopic (exact) mass is 198 g/mol. The number of halogens is 1. The molecular weight excluding hydrogens is 188 g/mol. The lowest BCUT2D eigenvalue weighted by Crippen LogP contribution is -2.01. The lowest BCUT2D eigenvalue weighted by atomic mass is 10.1. The van der Waals surface area contributed by atoms with Crippen LogP contribution >= 0.6 is 11.6 Å². The largest absolute Gasteiger partial charge is 0.397 e. The minimum atomic E-state index is 0.0631. The topological polar surface area (TPSA) is 48.1 Å². The Kier molecular flexibility index (Phi) is 2.38. The summed E-state index contributed by atoms with van der Waals surface area (Å²) in [5.41, 5.74) is 6.94. The molecule has 2 rings (SSSR count). The van der Waals surface area contributed by atoms with Gasteiger partial charge in [-0.2, -0.15) is 0 Å². The number of nitrogen functional groups attached to an aromatic ring is 1. The number of nitrogens with two attached hydrogens (primary N) is 1. The summed E-state index contributed by atoms with van der Waals surface area (Å²) in [4.78, 5) is 4.18. The van der Waals surface area contributed by atoms with Gasteiger partial charge in [0.15, 0.2) is 0 Å². The Morgan fingerprint density at radius 1 is 1.62 bits per heavy atom. The molecule has 70 valence electrons. The van der Waals surface area contributed by atoms with Crippen LogP contribution in [-0.2, 0) is 4.74 Å². The number of hydrogen-bond donors (Lipinski definition) is 1. The van der Waals surface area contributed by atoms with Crippen molar-refractivity contribution in [3.63, 3.8) is 0 Å². The maximum absolute atomic E-state index is 5.99. The fourth-order valence-electron chi connectivity index (χ4n) is 1.49. The molecule has 0 aromatic carbocycles. The van der Waals surface area contributed by atoms with Crippen LogP contribution < -0.4 is 5.73 Å². The first-order chi connectivity index (χ1) is 6.27. The van der Waals surface area contributed by atoms with E-state index in [1.54, 1.807) is 12.3 Å².